The zero-order valence-corrected chi connectivity index (χ0v) is 13.2. The number of rotatable bonds is 3. The third kappa shape index (κ3) is 3.29. The number of nitrogen functional groups attached to an aromatic ring is 1. The van der Waals surface area contributed by atoms with Gasteiger partial charge in [-0.3, -0.25) is 0 Å². The number of ether oxygens (including phenoxy) is 3. The van der Waals surface area contributed by atoms with Crippen molar-refractivity contribution < 1.29 is 19.0 Å². The molecular formula is C16H23NO4. The number of esters is 1. The van der Waals surface area contributed by atoms with Gasteiger partial charge >= 0.3 is 5.97 Å². The molecule has 0 spiro atoms. The van der Waals surface area contributed by atoms with Crippen molar-refractivity contribution in [3.8, 4) is 5.75 Å². The molecule has 21 heavy (non-hydrogen) atoms. The number of carbonyl (C=O) groups excluding carboxylic acids is 1. The Kier molecular flexibility index (Phi) is 3.89. The quantitative estimate of drug-likeness (QED) is 0.685. The van der Waals surface area contributed by atoms with Gasteiger partial charge in [0.1, 0.15) is 17.5 Å². The number of anilines is 1. The zero-order chi connectivity index (χ0) is 15.8. The molecular weight excluding hydrogens is 270 g/mol. The number of methoxy groups -OCH3 is 1. The van der Waals surface area contributed by atoms with E-state index >= 15 is 0 Å². The molecule has 1 unspecified atom stereocenters. The van der Waals surface area contributed by atoms with E-state index in [1.807, 2.05) is 27.7 Å². The molecule has 0 saturated carbocycles. The summed E-state index contributed by atoms with van der Waals surface area (Å²) in [7, 11) is 1.53. The molecule has 116 valence electrons. The summed E-state index contributed by atoms with van der Waals surface area (Å²) in [6.07, 6.45) is 0.375. The van der Waals surface area contributed by atoms with Crippen LogP contribution < -0.4 is 10.5 Å². The van der Waals surface area contributed by atoms with Gasteiger partial charge in [-0.05, 0) is 45.9 Å². The van der Waals surface area contributed by atoms with Crippen LogP contribution in [0.3, 0.4) is 0 Å². The highest BCUT2D eigenvalue weighted by Gasteiger charge is 2.48. The Bertz CT molecular complexity index is 551. The van der Waals surface area contributed by atoms with E-state index in [-0.39, 0.29) is 11.7 Å². The van der Waals surface area contributed by atoms with E-state index in [1.54, 1.807) is 18.2 Å². The first-order chi connectivity index (χ1) is 9.64. The fourth-order valence-electron chi connectivity index (χ4n) is 2.75. The van der Waals surface area contributed by atoms with Crippen molar-refractivity contribution in [3.63, 3.8) is 0 Å². The Labute approximate surface area is 125 Å². The van der Waals surface area contributed by atoms with Crippen LogP contribution in [0.2, 0.25) is 0 Å². The second kappa shape index (κ2) is 5.22. The molecule has 0 radical (unpaired) electrons. The van der Waals surface area contributed by atoms with Crippen LogP contribution >= 0.6 is 0 Å². The lowest BCUT2D eigenvalue weighted by molar-refractivity contribution is -0.0924. The predicted octanol–water partition coefficient (Wildman–Crippen LogP) is 2.78. The Morgan fingerprint density at radius 2 is 2.00 bits per heavy atom. The van der Waals surface area contributed by atoms with Crippen LogP contribution in [0.5, 0.6) is 5.75 Å². The molecule has 0 amide bonds. The highest BCUT2D eigenvalue weighted by molar-refractivity contribution is 5.91. The molecule has 5 nitrogen and oxygen atoms in total. The summed E-state index contributed by atoms with van der Waals surface area (Å²) in [5.74, 6) is 0.140. The van der Waals surface area contributed by atoms with E-state index in [0.29, 0.717) is 23.4 Å². The SMILES string of the molecule is COc1ccc(C(=O)OC2CC(C)(C)OC2(C)C)cc1N. The van der Waals surface area contributed by atoms with Crippen molar-refractivity contribution in [2.45, 2.75) is 51.4 Å². The summed E-state index contributed by atoms with van der Waals surface area (Å²) in [6.45, 7) is 7.85. The molecule has 1 aliphatic heterocycles. The first-order valence-electron chi connectivity index (χ1n) is 6.99. The van der Waals surface area contributed by atoms with E-state index in [4.69, 9.17) is 19.9 Å². The Morgan fingerprint density at radius 3 is 2.48 bits per heavy atom. The zero-order valence-electron chi connectivity index (χ0n) is 13.2. The monoisotopic (exact) mass is 293 g/mol. The van der Waals surface area contributed by atoms with E-state index in [0.717, 1.165) is 0 Å². The Morgan fingerprint density at radius 1 is 1.33 bits per heavy atom. The first-order valence-corrected chi connectivity index (χ1v) is 6.99. The number of benzene rings is 1. The maximum absolute atomic E-state index is 12.3. The first kappa shape index (κ1) is 15.6. The maximum Gasteiger partial charge on any atom is 0.338 e. The van der Waals surface area contributed by atoms with Crippen LogP contribution in [0.15, 0.2) is 18.2 Å². The minimum Gasteiger partial charge on any atom is -0.495 e. The minimum atomic E-state index is -0.503. The summed E-state index contributed by atoms with van der Waals surface area (Å²) in [5.41, 5.74) is 5.84. The largest absolute Gasteiger partial charge is 0.495 e. The molecule has 1 fully saturated rings. The number of nitrogens with two attached hydrogens (primary N) is 1. The summed E-state index contributed by atoms with van der Waals surface area (Å²) in [4.78, 5) is 12.3. The van der Waals surface area contributed by atoms with Crippen molar-refractivity contribution >= 4 is 11.7 Å². The molecule has 1 atom stereocenters. The van der Waals surface area contributed by atoms with Crippen molar-refractivity contribution in [1.82, 2.24) is 0 Å². The van der Waals surface area contributed by atoms with Crippen LogP contribution in [-0.4, -0.2) is 30.4 Å². The van der Waals surface area contributed by atoms with Gasteiger partial charge in [-0.1, -0.05) is 0 Å². The lowest BCUT2D eigenvalue weighted by Crippen LogP contribution is -2.36. The van der Waals surface area contributed by atoms with Gasteiger partial charge in [0, 0.05) is 6.42 Å². The topological polar surface area (TPSA) is 70.8 Å². The van der Waals surface area contributed by atoms with Gasteiger partial charge in [-0.2, -0.15) is 0 Å². The van der Waals surface area contributed by atoms with Crippen LogP contribution in [0, 0.1) is 0 Å². The summed E-state index contributed by atoms with van der Waals surface area (Å²) >= 11 is 0. The Balaban J connectivity index is 2.13. The van der Waals surface area contributed by atoms with Crippen LogP contribution in [0.25, 0.3) is 0 Å². The van der Waals surface area contributed by atoms with Crippen molar-refractivity contribution in [2.75, 3.05) is 12.8 Å². The van der Waals surface area contributed by atoms with Crippen LogP contribution in [-0.2, 0) is 9.47 Å². The van der Waals surface area contributed by atoms with E-state index < -0.39 is 11.6 Å². The van der Waals surface area contributed by atoms with Crippen LogP contribution in [0.4, 0.5) is 5.69 Å². The smallest absolute Gasteiger partial charge is 0.338 e. The number of hydrogen-bond acceptors (Lipinski definition) is 5. The molecule has 1 aliphatic rings. The summed E-state index contributed by atoms with van der Waals surface area (Å²) in [6, 6.07) is 4.87. The second-order valence-electron chi connectivity index (χ2n) is 6.52. The average molecular weight is 293 g/mol. The standard InChI is InChI=1S/C16H23NO4/c1-15(2)9-13(16(3,4)21-15)20-14(18)10-6-7-12(19-5)11(17)8-10/h6-8,13H,9,17H2,1-5H3. The van der Waals surface area contributed by atoms with Gasteiger partial charge in [0.2, 0.25) is 0 Å². The van der Waals surface area contributed by atoms with Crippen molar-refractivity contribution in [3.05, 3.63) is 23.8 Å². The van der Waals surface area contributed by atoms with Crippen molar-refractivity contribution in [2.24, 2.45) is 0 Å². The highest BCUT2D eigenvalue weighted by Crippen LogP contribution is 2.39. The fourth-order valence-corrected chi connectivity index (χ4v) is 2.75. The highest BCUT2D eigenvalue weighted by atomic mass is 16.6. The molecule has 2 rings (SSSR count). The summed E-state index contributed by atoms with van der Waals surface area (Å²) < 4.78 is 16.6. The maximum atomic E-state index is 12.3. The van der Waals surface area contributed by atoms with Gasteiger partial charge in [-0.25, -0.2) is 4.79 Å². The predicted molar refractivity (Wildman–Crippen MR) is 80.5 cm³/mol. The van der Waals surface area contributed by atoms with Gasteiger partial charge < -0.3 is 19.9 Å². The normalized spacial score (nSPS) is 22.8. The number of carbonyl (C=O) groups is 1. The van der Waals surface area contributed by atoms with Gasteiger partial charge in [-0.15, -0.1) is 0 Å². The average Bonchev–Trinajstić information content (AvgIpc) is 2.56. The van der Waals surface area contributed by atoms with Crippen molar-refractivity contribution in [1.29, 1.82) is 0 Å². The lowest BCUT2D eigenvalue weighted by atomic mass is 9.97. The van der Waals surface area contributed by atoms with Crippen LogP contribution in [0.1, 0.15) is 44.5 Å². The molecule has 5 heteroatoms. The van der Waals surface area contributed by atoms with E-state index in [1.165, 1.54) is 7.11 Å². The molecule has 1 aromatic carbocycles. The molecule has 1 aromatic rings. The Hall–Kier alpha value is -1.75. The third-order valence-corrected chi connectivity index (χ3v) is 3.71. The minimum absolute atomic E-state index is 0.289. The summed E-state index contributed by atoms with van der Waals surface area (Å²) in [5, 5.41) is 0. The van der Waals surface area contributed by atoms with E-state index in [9.17, 15) is 4.79 Å². The fraction of sp³-hybridized carbons (Fsp3) is 0.562. The third-order valence-electron chi connectivity index (χ3n) is 3.71. The molecule has 0 aliphatic carbocycles. The van der Waals surface area contributed by atoms with E-state index in [2.05, 4.69) is 0 Å². The molecule has 0 bridgehead atoms. The molecule has 0 aromatic heterocycles. The second-order valence-corrected chi connectivity index (χ2v) is 6.52. The lowest BCUT2D eigenvalue weighted by Gasteiger charge is -2.26. The molecule has 1 saturated heterocycles. The molecule has 1 heterocycles. The van der Waals surface area contributed by atoms with Gasteiger partial charge in [0.15, 0.2) is 0 Å². The van der Waals surface area contributed by atoms with Gasteiger partial charge in [0.25, 0.3) is 0 Å². The number of hydrogen-bond donors (Lipinski definition) is 1. The van der Waals surface area contributed by atoms with Gasteiger partial charge in [0.05, 0.1) is 24.0 Å². The molecule has 2 N–H and O–H groups in total.